The van der Waals surface area contributed by atoms with Crippen LogP contribution < -0.4 is 5.32 Å². The van der Waals surface area contributed by atoms with E-state index in [1.54, 1.807) is 0 Å². The summed E-state index contributed by atoms with van der Waals surface area (Å²) in [6.07, 6.45) is 4.77. The first-order valence-electron chi connectivity index (χ1n) is 4.45. The van der Waals surface area contributed by atoms with E-state index in [-0.39, 0.29) is 0 Å². The number of carboxylic acid groups (broad SMARTS) is 1. The number of benzene rings is 1. The maximum atomic E-state index is 9.25. The molecule has 0 atom stereocenters. The van der Waals surface area contributed by atoms with Crippen molar-refractivity contribution in [3.63, 3.8) is 0 Å². The van der Waals surface area contributed by atoms with Gasteiger partial charge in [-0.15, -0.1) is 0 Å². The van der Waals surface area contributed by atoms with Crippen LogP contribution >= 0.6 is 0 Å². The molecule has 1 aromatic rings. The average molecular weight is 205 g/mol. The molecule has 0 saturated carbocycles. The Kier molecular flexibility index (Phi) is 7.40. The largest absolute Gasteiger partial charge is 0.478 e. The van der Waals surface area contributed by atoms with Gasteiger partial charge in [0.05, 0.1) is 0 Å². The summed E-state index contributed by atoms with van der Waals surface area (Å²) in [4.78, 5) is 9.25. The number of hydrogen-bond acceptors (Lipinski definition) is 2. The molecule has 3 heteroatoms. The monoisotopic (exact) mass is 205 g/mol. The highest BCUT2D eigenvalue weighted by Crippen LogP contribution is 1.98. The molecule has 0 fully saturated rings. The summed E-state index contributed by atoms with van der Waals surface area (Å²) in [7, 11) is 1.89. The number of nitrogens with one attached hydrogen (secondary N) is 1. The Labute approximate surface area is 89.8 Å². The highest BCUT2D eigenvalue weighted by atomic mass is 16.4. The van der Waals surface area contributed by atoms with Gasteiger partial charge in [-0.2, -0.15) is 0 Å². The van der Waals surface area contributed by atoms with Crippen molar-refractivity contribution in [2.75, 3.05) is 7.05 Å². The first-order valence-corrected chi connectivity index (χ1v) is 4.45. The zero-order chi connectivity index (χ0) is 11.5. The van der Waals surface area contributed by atoms with Gasteiger partial charge in [0.25, 0.3) is 0 Å². The van der Waals surface area contributed by atoms with E-state index in [0.29, 0.717) is 0 Å². The maximum absolute atomic E-state index is 9.25. The van der Waals surface area contributed by atoms with Crippen LogP contribution in [0.15, 0.2) is 49.2 Å². The van der Waals surface area contributed by atoms with Crippen molar-refractivity contribution in [1.29, 1.82) is 0 Å². The Hall–Kier alpha value is -2.03. The summed E-state index contributed by atoms with van der Waals surface area (Å²) in [5.41, 5.74) is 1.22. The molecule has 0 bridgehead atoms. The topological polar surface area (TPSA) is 49.3 Å². The molecule has 0 unspecified atom stereocenters. The van der Waals surface area contributed by atoms with Gasteiger partial charge in [-0.3, -0.25) is 0 Å². The van der Waals surface area contributed by atoms with Crippen LogP contribution in [0.25, 0.3) is 6.08 Å². The van der Waals surface area contributed by atoms with Gasteiger partial charge < -0.3 is 10.4 Å². The highest BCUT2D eigenvalue weighted by molar-refractivity contribution is 5.78. The van der Waals surface area contributed by atoms with E-state index >= 15 is 0 Å². The first-order chi connectivity index (χ1) is 7.20. The van der Waals surface area contributed by atoms with Crippen LogP contribution in [-0.4, -0.2) is 18.1 Å². The second kappa shape index (κ2) is 8.56. The van der Waals surface area contributed by atoms with E-state index in [1.807, 2.05) is 37.5 Å². The fourth-order valence-electron chi connectivity index (χ4n) is 0.744. The third kappa shape index (κ3) is 8.30. The van der Waals surface area contributed by atoms with Crippen molar-refractivity contribution in [3.05, 3.63) is 54.8 Å². The van der Waals surface area contributed by atoms with Crippen molar-refractivity contribution in [2.45, 2.75) is 0 Å². The van der Waals surface area contributed by atoms with Gasteiger partial charge in [-0.05, 0) is 17.8 Å². The molecule has 0 heterocycles. The highest BCUT2D eigenvalue weighted by Gasteiger charge is 1.78. The van der Waals surface area contributed by atoms with Crippen molar-refractivity contribution >= 4 is 12.0 Å². The lowest BCUT2D eigenvalue weighted by atomic mass is 10.2. The minimum Gasteiger partial charge on any atom is -0.478 e. The third-order valence-electron chi connectivity index (χ3n) is 1.42. The Morgan fingerprint density at radius 3 is 2.33 bits per heavy atom. The van der Waals surface area contributed by atoms with Gasteiger partial charge in [-0.1, -0.05) is 36.9 Å². The molecule has 0 aliphatic rings. The van der Waals surface area contributed by atoms with E-state index in [4.69, 9.17) is 5.11 Å². The molecule has 0 saturated heterocycles. The van der Waals surface area contributed by atoms with Crippen molar-refractivity contribution in [1.82, 2.24) is 5.32 Å². The van der Waals surface area contributed by atoms with Crippen LogP contribution in [0.2, 0.25) is 0 Å². The summed E-state index contributed by atoms with van der Waals surface area (Å²) in [5, 5.41) is 10.5. The van der Waals surface area contributed by atoms with E-state index in [0.717, 1.165) is 6.08 Å². The number of aliphatic carboxylic acids is 1. The van der Waals surface area contributed by atoms with Gasteiger partial charge in [0, 0.05) is 13.1 Å². The van der Waals surface area contributed by atoms with Gasteiger partial charge in [0.15, 0.2) is 0 Å². The zero-order valence-corrected chi connectivity index (χ0v) is 8.68. The van der Waals surface area contributed by atoms with E-state index < -0.39 is 5.97 Å². The third-order valence-corrected chi connectivity index (χ3v) is 1.42. The van der Waals surface area contributed by atoms with Gasteiger partial charge >= 0.3 is 5.97 Å². The minimum atomic E-state index is -0.981. The Bertz CT molecular complexity index is 318. The van der Waals surface area contributed by atoms with Crippen LogP contribution in [0.3, 0.4) is 0 Å². The summed E-state index contributed by atoms with van der Waals surface area (Å²) in [5.74, 6) is -0.981. The molecule has 1 rings (SSSR count). The number of hydrogen-bond donors (Lipinski definition) is 2. The molecule has 0 aliphatic heterocycles. The predicted molar refractivity (Wildman–Crippen MR) is 62.4 cm³/mol. The van der Waals surface area contributed by atoms with Crippen LogP contribution in [0.1, 0.15) is 5.56 Å². The SMILES string of the molecule is C=CC(=O)O.CNC=Cc1ccccc1. The lowest BCUT2D eigenvalue weighted by Crippen LogP contribution is -1.90. The molecule has 2 N–H and O–H groups in total. The molecule has 0 aromatic heterocycles. The van der Waals surface area contributed by atoms with Crippen LogP contribution in [-0.2, 0) is 4.79 Å². The van der Waals surface area contributed by atoms with Crippen molar-refractivity contribution in [3.8, 4) is 0 Å². The minimum absolute atomic E-state index is 0.833. The van der Waals surface area contributed by atoms with Crippen LogP contribution in [0.5, 0.6) is 0 Å². The summed E-state index contributed by atoms with van der Waals surface area (Å²) < 4.78 is 0. The summed E-state index contributed by atoms with van der Waals surface area (Å²) in [6, 6.07) is 10.2. The quantitative estimate of drug-likeness (QED) is 0.743. The Balaban J connectivity index is 0.000000336. The Morgan fingerprint density at radius 2 is 1.93 bits per heavy atom. The summed E-state index contributed by atoms with van der Waals surface area (Å²) >= 11 is 0. The fraction of sp³-hybridized carbons (Fsp3) is 0.0833. The normalized spacial score (nSPS) is 8.87. The molecule has 0 radical (unpaired) electrons. The van der Waals surface area contributed by atoms with E-state index in [2.05, 4.69) is 24.0 Å². The number of carbonyl (C=O) groups is 1. The molecular weight excluding hydrogens is 190 g/mol. The molecule has 0 amide bonds. The predicted octanol–water partition coefficient (Wildman–Crippen LogP) is 2.13. The van der Waals surface area contributed by atoms with Gasteiger partial charge in [0.1, 0.15) is 0 Å². The average Bonchev–Trinajstić information content (AvgIpc) is 2.28. The van der Waals surface area contributed by atoms with Gasteiger partial charge in [0.2, 0.25) is 0 Å². The molecular formula is C12H15NO2. The van der Waals surface area contributed by atoms with Crippen LogP contribution in [0.4, 0.5) is 0 Å². The molecule has 0 aliphatic carbocycles. The van der Waals surface area contributed by atoms with E-state index in [9.17, 15) is 4.79 Å². The first kappa shape index (κ1) is 13.0. The molecule has 1 aromatic carbocycles. The fourth-order valence-corrected chi connectivity index (χ4v) is 0.744. The standard InChI is InChI=1S/C9H11N.C3H4O2/c1-10-8-7-9-5-3-2-4-6-9;1-2-3(4)5/h2-8,10H,1H3;2H,1H2,(H,4,5). The molecule has 80 valence electrons. The maximum Gasteiger partial charge on any atom is 0.327 e. The zero-order valence-electron chi connectivity index (χ0n) is 8.68. The second-order valence-electron chi connectivity index (χ2n) is 2.58. The molecule has 0 spiro atoms. The van der Waals surface area contributed by atoms with Crippen molar-refractivity contribution in [2.24, 2.45) is 0 Å². The lowest BCUT2D eigenvalue weighted by Gasteiger charge is -1.89. The van der Waals surface area contributed by atoms with E-state index in [1.165, 1.54) is 5.56 Å². The lowest BCUT2D eigenvalue weighted by molar-refractivity contribution is -0.131. The molecule has 3 nitrogen and oxygen atoms in total. The smallest absolute Gasteiger partial charge is 0.327 e. The van der Waals surface area contributed by atoms with Crippen molar-refractivity contribution < 1.29 is 9.90 Å². The number of carboxylic acids is 1. The summed E-state index contributed by atoms with van der Waals surface area (Å²) in [6.45, 7) is 2.96. The second-order valence-corrected chi connectivity index (χ2v) is 2.58. The van der Waals surface area contributed by atoms with Crippen LogP contribution in [0, 0.1) is 0 Å². The number of rotatable bonds is 3. The van der Waals surface area contributed by atoms with Gasteiger partial charge in [-0.25, -0.2) is 4.79 Å². The molecule has 15 heavy (non-hydrogen) atoms. The Morgan fingerprint density at radius 1 is 1.40 bits per heavy atom.